The van der Waals surface area contributed by atoms with Crippen LogP contribution in [0.3, 0.4) is 0 Å². The minimum absolute atomic E-state index is 0.00448. The maximum Gasteiger partial charge on any atom is 0.388 e. The van der Waals surface area contributed by atoms with Crippen LogP contribution in [0, 0.1) is 5.92 Å². The van der Waals surface area contributed by atoms with Gasteiger partial charge in [-0.15, -0.1) is 3.89 Å². The number of hydrogen-bond donors (Lipinski definition) is 1. The van der Waals surface area contributed by atoms with Crippen LogP contribution < -0.4 is 10.1 Å². The lowest BCUT2D eigenvalue weighted by Gasteiger charge is -2.08. The standard InChI is InChI=1S/C17H13F3N4O2S/c18-17(19)26-16-11(2-1-7-21-16)12-8-24(27-20)14-10(12)5-6-13(22-14)23-15(25)9-3-4-9/h1-2,5-9,17H,3-4H2,(H,22,23,25). The molecule has 4 rings (SSSR count). The molecule has 3 aromatic heterocycles. The Morgan fingerprint density at radius 1 is 1.30 bits per heavy atom. The van der Waals surface area contributed by atoms with Gasteiger partial charge in [0, 0.05) is 34.8 Å². The van der Waals surface area contributed by atoms with Crippen LogP contribution in [0.4, 0.5) is 18.5 Å². The summed E-state index contributed by atoms with van der Waals surface area (Å²) in [5.74, 6) is -0.0751. The highest BCUT2D eigenvalue weighted by Gasteiger charge is 2.30. The van der Waals surface area contributed by atoms with E-state index in [1.807, 2.05) is 0 Å². The van der Waals surface area contributed by atoms with Crippen LogP contribution in [0.1, 0.15) is 12.8 Å². The Balaban J connectivity index is 1.77. The Bertz CT molecular complexity index is 1010. The highest BCUT2D eigenvalue weighted by atomic mass is 32.2. The zero-order chi connectivity index (χ0) is 19.0. The number of amides is 1. The van der Waals surface area contributed by atoms with E-state index in [1.165, 1.54) is 12.4 Å². The van der Waals surface area contributed by atoms with Crippen molar-refractivity contribution < 1.29 is 22.2 Å². The fraction of sp³-hybridized carbons (Fsp3) is 0.235. The van der Waals surface area contributed by atoms with Gasteiger partial charge in [0.1, 0.15) is 5.82 Å². The van der Waals surface area contributed by atoms with E-state index >= 15 is 0 Å². The van der Waals surface area contributed by atoms with E-state index in [4.69, 9.17) is 0 Å². The van der Waals surface area contributed by atoms with Crippen molar-refractivity contribution in [1.29, 1.82) is 0 Å². The van der Waals surface area contributed by atoms with Crippen LogP contribution in [0.2, 0.25) is 0 Å². The average Bonchev–Trinajstić information content (AvgIpc) is 3.44. The van der Waals surface area contributed by atoms with E-state index < -0.39 is 6.61 Å². The summed E-state index contributed by atoms with van der Waals surface area (Å²) >= 11 is -0.0881. The van der Waals surface area contributed by atoms with Crippen LogP contribution in [-0.2, 0) is 4.79 Å². The number of fused-ring (bicyclic) bond motifs is 1. The monoisotopic (exact) mass is 394 g/mol. The second kappa shape index (κ2) is 7.10. The molecule has 1 aliphatic carbocycles. The first kappa shape index (κ1) is 17.7. The van der Waals surface area contributed by atoms with Gasteiger partial charge in [0.15, 0.2) is 18.0 Å². The maximum atomic E-state index is 13.4. The van der Waals surface area contributed by atoms with Gasteiger partial charge in [-0.05, 0) is 37.1 Å². The molecule has 0 spiro atoms. The van der Waals surface area contributed by atoms with Crippen LogP contribution in [0.15, 0.2) is 36.7 Å². The highest BCUT2D eigenvalue weighted by Crippen LogP contribution is 2.37. The molecule has 10 heteroatoms. The highest BCUT2D eigenvalue weighted by molar-refractivity contribution is 7.92. The summed E-state index contributed by atoms with van der Waals surface area (Å²) in [6.45, 7) is -3.04. The Labute approximate surface area is 156 Å². The van der Waals surface area contributed by atoms with Crippen LogP contribution in [0.25, 0.3) is 22.2 Å². The molecule has 1 fully saturated rings. The molecule has 1 saturated carbocycles. The van der Waals surface area contributed by atoms with Crippen molar-refractivity contribution in [2.24, 2.45) is 5.92 Å². The van der Waals surface area contributed by atoms with Crippen molar-refractivity contribution in [2.45, 2.75) is 19.5 Å². The largest absolute Gasteiger partial charge is 0.416 e. The molecule has 3 aromatic rings. The molecule has 6 nitrogen and oxygen atoms in total. The van der Waals surface area contributed by atoms with Gasteiger partial charge in [-0.1, -0.05) is 0 Å². The summed E-state index contributed by atoms with van der Waals surface area (Å²) in [7, 11) is 0. The fourth-order valence-electron chi connectivity index (χ4n) is 2.76. The average molecular weight is 394 g/mol. The molecule has 3 heterocycles. The second-order valence-corrected chi connectivity index (χ2v) is 6.53. The fourth-order valence-corrected chi connectivity index (χ4v) is 3.11. The van der Waals surface area contributed by atoms with E-state index in [-0.39, 0.29) is 41.2 Å². The topological polar surface area (TPSA) is 69.0 Å². The van der Waals surface area contributed by atoms with Gasteiger partial charge in [-0.2, -0.15) is 8.78 Å². The molecule has 1 aliphatic rings. The third-order valence-corrected chi connectivity index (χ3v) is 4.58. The van der Waals surface area contributed by atoms with Crippen molar-refractivity contribution >= 4 is 35.1 Å². The molecule has 27 heavy (non-hydrogen) atoms. The number of nitrogens with zero attached hydrogens (tertiary/aromatic N) is 3. The first-order chi connectivity index (χ1) is 13.1. The quantitative estimate of drug-likeness (QED) is 0.670. The Kier molecular flexibility index (Phi) is 4.65. The van der Waals surface area contributed by atoms with E-state index in [9.17, 15) is 17.5 Å². The molecule has 0 saturated heterocycles. The first-order valence-electron chi connectivity index (χ1n) is 8.09. The SMILES string of the molecule is O=C(Nc1ccc2c(-c3cccnc3OC(F)F)cn(SF)c2n1)C1CC1. The van der Waals surface area contributed by atoms with Gasteiger partial charge in [0.05, 0.1) is 0 Å². The molecule has 1 amide bonds. The van der Waals surface area contributed by atoms with Gasteiger partial charge in [-0.25, -0.2) is 13.9 Å². The van der Waals surface area contributed by atoms with Gasteiger partial charge in [0.2, 0.25) is 11.8 Å². The number of carbonyl (C=O) groups excluding carboxylic acids is 1. The minimum atomic E-state index is -3.04. The summed E-state index contributed by atoms with van der Waals surface area (Å²) in [6, 6.07) is 6.35. The molecule has 1 N–H and O–H groups in total. The molecule has 0 radical (unpaired) electrons. The van der Waals surface area contributed by atoms with Crippen molar-refractivity contribution in [3.05, 3.63) is 36.7 Å². The lowest BCUT2D eigenvalue weighted by Crippen LogP contribution is -2.14. The van der Waals surface area contributed by atoms with Crippen molar-refractivity contribution in [3.63, 3.8) is 0 Å². The third-order valence-electron chi connectivity index (χ3n) is 4.16. The Hall–Kier alpha value is -2.75. The van der Waals surface area contributed by atoms with Gasteiger partial charge in [0.25, 0.3) is 0 Å². The predicted molar refractivity (Wildman–Crippen MR) is 95.0 cm³/mol. The lowest BCUT2D eigenvalue weighted by atomic mass is 10.1. The molecule has 0 aliphatic heterocycles. The molecule has 0 aromatic carbocycles. The molecule has 0 atom stereocenters. The smallest absolute Gasteiger partial charge is 0.388 e. The van der Waals surface area contributed by atoms with Crippen LogP contribution in [0.5, 0.6) is 5.88 Å². The number of aromatic nitrogens is 3. The normalized spacial score (nSPS) is 13.9. The van der Waals surface area contributed by atoms with Gasteiger partial charge >= 0.3 is 6.61 Å². The van der Waals surface area contributed by atoms with Crippen molar-refractivity contribution in [1.82, 2.24) is 13.9 Å². The number of hydrogen-bond acceptors (Lipinski definition) is 5. The Morgan fingerprint density at radius 3 is 2.81 bits per heavy atom. The molecular weight excluding hydrogens is 381 g/mol. The molecular formula is C17H13F3N4O2S. The summed E-state index contributed by atoms with van der Waals surface area (Å²) in [6.07, 6.45) is 4.45. The number of halogens is 3. The van der Waals surface area contributed by atoms with Gasteiger partial charge < -0.3 is 10.1 Å². The third kappa shape index (κ3) is 3.57. The lowest BCUT2D eigenvalue weighted by molar-refractivity contribution is -0.117. The molecule has 0 unspecified atom stereocenters. The maximum absolute atomic E-state index is 13.4. The summed E-state index contributed by atoms with van der Waals surface area (Å²) < 4.78 is 44.4. The number of rotatable bonds is 6. The predicted octanol–water partition coefficient (Wildman–Crippen LogP) is 4.43. The number of carbonyl (C=O) groups is 1. The minimum Gasteiger partial charge on any atom is -0.416 e. The molecule has 0 bridgehead atoms. The number of ether oxygens (including phenoxy) is 1. The molecule has 140 valence electrons. The van der Waals surface area contributed by atoms with E-state index in [0.29, 0.717) is 16.8 Å². The van der Waals surface area contributed by atoms with Crippen molar-refractivity contribution in [3.8, 4) is 17.0 Å². The number of anilines is 1. The summed E-state index contributed by atoms with van der Waals surface area (Å²) in [5, 5.41) is 3.21. The Morgan fingerprint density at radius 2 is 2.11 bits per heavy atom. The van der Waals surface area contributed by atoms with Crippen LogP contribution >= 0.6 is 12.3 Å². The second-order valence-electron chi connectivity index (χ2n) is 6.00. The summed E-state index contributed by atoms with van der Waals surface area (Å²) in [4.78, 5) is 20.0. The number of nitrogens with one attached hydrogen (secondary N) is 1. The van der Waals surface area contributed by atoms with E-state index in [1.54, 1.807) is 24.3 Å². The summed E-state index contributed by atoms with van der Waals surface area (Å²) in [5.41, 5.74) is 0.969. The van der Waals surface area contributed by atoms with E-state index in [0.717, 1.165) is 16.8 Å². The van der Waals surface area contributed by atoms with Crippen molar-refractivity contribution in [2.75, 3.05) is 5.32 Å². The zero-order valence-corrected chi connectivity index (χ0v) is 14.5. The van der Waals surface area contributed by atoms with E-state index in [2.05, 4.69) is 20.0 Å². The van der Waals surface area contributed by atoms with Crippen LogP contribution in [-0.4, -0.2) is 26.5 Å². The number of alkyl halides is 2. The zero-order valence-electron chi connectivity index (χ0n) is 13.7. The number of pyridine rings is 2. The van der Waals surface area contributed by atoms with Gasteiger partial charge in [-0.3, -0.25) is 4.79 Å². The first-order valence-corrected chi connectivity index (χ1v) is 8.76.